The van der Waals surface area contributed by atoms with Gasteiger partial charge in [-0.05, 0) is 35.5 Å². The van der Waals surface area contributed by atoms with Crippen LogP contribution < -0.4 is 9.47 Å². The maximum Gasteiger partial charge on any atom is 0.291 e. The van der Waals surface area contributed by atoms with Crippen molar-refractivity contribution in [1.29, 1.82) is 0 Å². The number of nitrogens with zero attached hydrogens (tertiary/aromatic N) is 3. The van der Waals surface area contributed by atoms with Crippen LogP contribution >= 0.6 is 11.6 Å². The fourth-order valence-corrected chi connectivity index (χ4v) is 3.28. The Morgan fingerprint density at radius 2 is 1.87 bits per heavy atom. The fraction of sp³-hybridized carbons (Fsp3) is 0.0455. The highest BCUT2D eigenvalue weighted by atomic mass is 35.5. The highest BCUT2D eigenvalue weighted by Gasteiger charge is 2.11. The SMILES string of the molecule is Oc1ccc(Oc2cc3cc(OCc4ccccc4-c4nn[nH]n4)ccc3o2)cc1Cl. The zero-order chi connectivity index (χ0) is 21.2. The van der Waals surface area contributed by atoms with Crippen molar-refractivity contribution in [3.05, 3.63) is 77.3 Å². The predicted octanol–water partition coefficient (Wildman–Crippen LogP) is 5.34. The Morgan fingerprint density at radius 1 is 1.00 bits per heavy atom. The normalized spacial score (nSPS) is 11.0. The lowest BCUT2D eigenvalue weighted by atomic mass is 10.1. The number of H-pyrrole nitrogens is 1. The van der Waals surface area contributed by atoms with Crippen LogP contribution in [0.4, 0.5) is 0 Å². The topological polar surface area (TPSA) is 106 Å². The third-order valence-electron chi connectivity index (χ3n) is 4.60. The van der Waals surface area contributed by atoms with Gasteiger partial charge in [-0.1, -0.05) is 35.9 Å². The summed E-state index contributed by atoms with van der Waals surface area (Å²) in [4.78, 5) is 0. The Bertz CT molecular complexity index is 1350. The predicted molar refractivity (Wildman–Crippen MR) is 113 cm³/mol. The molecule has 0 atom stereocenters. The minimum absolute atomic E-state index is 0.0127. The first-order chi connectivity index (χ1) is 15.2. The second-order valence-electron chi connectivity index (χ2n) is 6.66. The summed E-state index contributed by atoms with van der Waals surface area (Å²) in [7, 11) is 0. The highest BCUT2D eigenvalue weighted by molar-refractivity contribution is 6.32. The molecule has 0 saturated carbocycles. The smallest absolute Gasteiger partial charge is 0.291 e. The number of hydrogen-bond donors (Lipinski definition) is 2. The molecule has 0 unspecified atom stereocenters. The molecule has 8 nitrogen and oxygen atoms in total. The standard InChI is InChI=1S/C22H15ClN4O4/c23-18-11-16(5-7-19(18)28)30-21-10-14-9-15(6-8-20(14)31-21)29-12-13-3-1-2-4-17(13)22-24-26-27-25-22/h1-11,28H,12H2,(H,24,25,26,27). The first-order valence-electron chi connectivity index (χ1n) is 9.30. The van der Waals surface area contributed by atoms with Crippen LogP contribution in [0.3, 0.4) is 0 Å². The molecular weight excluding hydrogens is 420 g/mol. The van der Waals surface area contributed by atoms with E-state index in [-0.39, 0.29) is 10.8 Å². The van der Waals surface area contributed by atoms with Gasteiger partial charge in [0.05, 0.1) is 5.02 Å². The number of aromatic hydroxyl groups is 1. The Labute approximate surface area is 181 Å². The number of phenols is 1. The van der Waals surface area contributed by atoms with Gasteiger partial charge in [0, 0.05) is 28.6 Å². The van der Waals surface area contributed by atoms with Gasteiger partial charge in [-0.15, -0.1) is 10.2 Å². The van der Waals surface area contributed by atoms with Crippen molar-refractivity contribution >= 4 is 22.6 Å². The lowest BCUT2D eigenvalue weighted by Crippen LogP contribution is -1.98. The fourth-order valence-electron chi connectivity index (χ4n) is 3.11. The van der Waals surface area contributed by atoms with Crippen molar-refractivity contribution in [1.82, 2.24) is 20.6 Å². The van der Waals surface area contributed by atoms with Crippen molar-refractivity contribution in [2.45, 2.75) is 6.61 Å². The minimum Gasteiger partial charge on any atom is -0.506 e. The number of nitrogens with one attached hydrogen (secondary N) is 1. The molecule has 2 heterocycles. The number of furan rings is 1. The number of halogens is 1. The molecule has 0 bridgehead atoms. The van der Waals surface area contributed by atoms with Gasteiger partial charge in [0.15, 0.2) is 0 Å². The first kappa shape index (κ1) is 19.0. The van der Waals surface area contributed by atoms with Gasteiger partial charge < -0.3 is 19.0 Å². The molecule has 5 aromatic rings. The average Bonchev–Trinajstić information content (AvgIpc) is 3.44. The van der Waals surface area contributed by atoms with Crippen LogP contribution in [0.15, 0.2) is 71.1 Å². The molecule has 5 rings (SSSR count). The Kier molecular flexibility index (Phi) is 4.89. The zero-order valence-corrected chi connectivity index (χ0v) is 16.7. The number of tetrazole rings is 1. The van der Waals surface area contributed by atoms with Crippen LogP contribution in [0, 0.1) is 0 Å². The lowest BCUT2D eigenvalue weighted by Gasteiger charge is -2.09. The molecule has 0 aliphatic rings. The summed E-state index contributed by atoms with van der Waals surface area (Å²) >= 11 is 5.92. The summed E-state index contributed by atoms with van der Waals surface area (Å²) < 4.78 is 17.4. The number of aromatic nitrogens is 4. The lowest BCUT2D eigenvalue weighted by molar-refractivity contribution is 0.307. The van der Waals surface area contributed by atoms with Crippen molar-refractivity contribution in [3.8, 4) is 34.6 Å². The van der Waals surface area contributed by atoms with E-state index in [1.807, 2.05) is 42.5 Å². The summed E-state index contributed by atoms with van der Waals surface area (Å²) in [5.74, 6) is 1.94. The largest absolute Gasteiger partial charge is 0.506 e. The van der Waals surface area contributed by atoms with E-state index < -0.39 is 0 Å². The summed E-state index contributed by atoms with van der Waals surface area (Å²) in [5, 5.41) is 24.7. The number of phenolic OH excluding ortho intramolecular Hbond substituents is 1. The van der Waals surface area contributed by atoms with E-state index in [1.165, 1.54) is 12.1 Å². The van der Waals surface area contributed by atoms with Crippen LogP contribution in [0.25, 0.3) is 22.4 Å². The van der Waals surface area contributed by atoms with Gasteiger partial charge >= 0.3 is 0 Å². The van der Waals surface area contributed by atoms with Gasteiger partial charge in [0.25, 0.3) is 5.95 Å². The number of aromatic amines is 1. The summed E-state index contributed by atoms with van der Waals surface area (Å²) in [6.45, 7) is 0.337. The van der Waals surface area contributed by atoms with E-state index >= 15 is 0 Å². The van der Waals surface area contributed by atoms with Crippen LogP contribution in [0.2, 0.25) is 5.02 Å². The maximum atomic E-state index is 9.52. The molecule has 3 aromatic carbocycles. The molecule has 0 aliphatic carbocycles. The van der Waals surface area contributed by atoms with Gasteiger partial charge in [-0.25, -0.2) is 0 Å². The summed E-state index contributed by atoms with van der Waals surface area (Å²) in [6, 6.07) is 19.6. The second kappa shape index (κ2) is 8.00. The van der Waals surface area contributed by atoms with Gasteiger partial charge in [-0.2, -0.15) is 5.21 Å². The molecule has 0 spiro atoms. The maximum absolute atomic E-state index is 9.52. The van der Waals surface area contributed by atoms with E-state index in [4.69, 9.17) is 25.5 Å². The third-order valence-corrected chi connectivity index (χ3v) is 4.90. The van der Waals surface area contributed by atoms with Crippen LogP contribution in [-0.4, -0.2) is 25.7 Å². The molecule has 0 saturated heterocycles. The molecular formula is C22H15ClN4O4. The number of benzene rings is 3. The van der Waals surface area contributed by atoms with Crippen molar-refractivity contribution < 1.29 is 19.0 Å². The molecule has 0 aliphatic heterocycles. The van der Waals surface area contributed by atoms with Crippen molar-refractivity contribution in [2.75, 3.05) is 0 Å². The van der Waals surface area contributed by atoms with E-state index in [0.29, 0.717) is 35.5 Å². The number of ether oxygens (including phenoxy) is 2. The van der Waals surface area contributed by atoms with Gasteiger partial charge in [-0.3, -0.25) is 0 Å². The molecule has 154 valence electrons. The molecule has 2 aromatic heterocycles. The molecule has 0 radical (unpaired) electrons. The van der Waals surface area contributed by atoms with E-state index in [0.717, 1.165) is 16.5 Å². The van der Waals surface area contributed by atoms with Crippen LogP contribution in [0.5, 0.6) is 23.2 Å². The summed E-state index contributed by atoms with van der Waals surface area (Å²) in [6.07, 6.45) is 0. The monoisotopic (exact) mass is 434 g/mol. The molecule has 0 fully saturated rings. The van der Waals surface area contributed by atoms with Crippen molar-refractivity contribution in [3.63, 3.8) is 0 Å². The van der Waals surface area contributed by atoms with Crippen molar-refractivity contribution in [2.24, 2.45) is 0 Å². The van der Waals surface area contributed by atoms with E-state index in [1.54, 1.807) is 12.1 Å². The Balaban J connectivity index is 1.33. The molecule has 2 N–H and O–H groups in total. The Hall–Kier alpha value is -4.04. The van der Waals surface area contributed by atoms with Crippen LogP contribution in [0.1, 0.15) is 5.56 Å². The Morgan fingerprint density at radius 3 is 2.71 bits per heavy atom. The molecule has 31 heavy (non-hydrogen) atoms. The minimum atomic E-state index is -0.0127. The summed E-state index contributed by atoms with van der Waals surface area (Å²) in [5.41, 5.74) is 2.44. The number of rotatable bonds is 6. The second-order valence-corrected chi connectivity index (χ2v) is 7.07. The number of hydrogen-bond acceptors (Lipinski definition) is 7. The quantitative estimate of drug-likeness (QED) is 0.371. The van der Waals surface area contributed by atoms with E-state index in [2.05, 4.69) is 20.6 Å². The first-order valence-corrected chi connectivity index (χ1v) is 9.68. The zero-order valence-electron chi connectivity index (χ0n) is 15.9. The number of fused-ring (bicyclic) bond motifs is 1. The molecule has 9 heteroatoms. The molecule has 0 amide bonds. The van der Waals surface area contributed by atoms with Gasteiger partial charge in [0.2, 0.25) is 5.82 Å². The third kappa shape index (κ3) is 4.01. The van der Waals surface area contributed by atoms with Gasteiger partial charge in [0.1, 0.15) is 29.4 Å². The average molecular weight is 435 g/mol. The van der Waals surface area contributed by atoms with Crippen LogP contribution in [-0.2, 0) is 6.61 Å². The van der Waals surface area contributed by atoms with E-state index in [9.17, 15) is 5.11 Å². The highest BCUT2D eigenvalue weighted by Crippen LogP contribution is 2.34.